The number of ether oxygens (including phenoxy) is 3. The van der Waals surface area contributed by atoms with Crippen molar-refractivity contribution in [2.75, 3.05) is 32.0 Å². The molecule has 1 unspecified atom stereocenters. The Morgan fingerprint density at radius 1 is 1.06 bits per heavy atom. The van der Waals surface area contributed by atoms with Crippen LogP contribution in [0.3, 0.4) is 0 Å². The summed E-state index contributed by atoms with van der Waals surface area (Å²) in [6.45, 7) is 1.83. The van der Waals surface area contributed by atoms with E-state index in [9.17, 15) is 4.79 Å². The SMILES string of the molecule is COc1cc(OC)c(C2C(C(=O)Nc3ccccn3)=C(C)Nc3nc(-c4cccs4)nn32)cc1OC. The number of thiophene rings is 1. The summed E-state index contributed by atoms with van der Waals surface area (Å²) in [5, 5.41) is 12.9. The molecular formula is C25H24N6O4S. The molecule has 1 aromatic carbocycles. The number of methoxy groups -OCH3 is 3. The molecule has 0 saturated heterocycles. The Balaban J connectivity index is 1.69. The van der Waals surface area contributed by atoms with Crippen LogP contribution in [0.15, 0.2) is 65.3 Å². The molecule has 3 aromatic heterocycles. The van der Waals surface area contributed by atoms with Crippen LogP contribution in [-0.4, -0.2) is 47.0 Å². The summed E-state index contributed by atoms with van der Waals surface area (Å²) in [5.41, 5.74) is 1.72. The molecule has 0 fully saturated rings. The highest BCUT2D eigenvalue weighted by molar-refractivity contribution is 7.13. The molecule has 11 heteroatoms. The van der Waals surface area contributed by atoms with Gasteiger partial charge < -0.3 is 24.8 Å². The van der Waals surface area contributed by atoms with Gasteiger partial charge in [0.05, 0.1) is 31.8 Å². The zero-order valence-corrected chi connectivity index (χ0v) is 20.9. The van der Waals surface area contributed by atoms with Crippen molar-refractivity contribution in [3.63, 3.8) is 0 Å². The predicted octanol–water partition coefficient (Wildman–Crippen LogP) is 4.36. The molecule has 0 radical (unpaired) electrons. The number of pyridine rings is 1. The number of aromatic nitrogens is 4. The lowest BCUT2D eigenvalue weighted by Gasteiger charge is -2.30. The van der Waals surface area contributed by atoms with Crippen molar-refractivity contribution in [3.8, 4) is 28.0 Å². The lowest BCUT2D eigenvalue weighted by Crippen LogP contribution is -2.32. The molecule has 0 spiro atoms. The summed E-state index contributed by atoms with van der Waals surface area (Å²) in [5.74, 6) is 2.67. The number of carbonyl (C=O) groups excluding carboxylic acids is 1. The molecule has 0 saturated carbocycles. The predicted molar refractivity (Wildman–Crippen MR) is 137 cm³/mol. The monoisotopic (exact) mass is 504 g/mol. The number of nitrogens with zero attached hydrogens (tertiary/aromatic N) is 4. The molecule has 1 aliphatic rings. The van der Waals surface area contributed by atoms with Crippen molar-refractivity contribution in [3.05, 3.63) is 70.9 Å². The fourth-order valence-corrected chi connectivity index (χ4v) is 4.78. The smallest absolute Gasteiger partial charge is 0.257 e. The molecule has 4 heterocycles. The summed E-state index contributed by atoms with van der Waals surface area (Å²) in [7, 11) is 4.68. The third kappa shape index (κ3) is 4.13. The van der Waals surface area contributed by atoms with Crippen molar-refractivity contribution in [1.29, 1.82) is 0 Å². The van der Waals surface area contributed by atoms with Gasteiger partial charge in [-0.1, -0.05) is 12.1 Å². The summed E-state index contributed by atoms with van der Waals surface area (Å²) in [4.78, 5) is 23.5. The minimum Gasteiger partial charge on any atom is -0.496 e. The number of benzene rings is 1. The van der Waals surface area contributed by atoms with E-state index >= 15 is 0 Å². The second kappa shape index (κ2) is 9.70. The molecule has 1 amide bonds. The normalized spacial score (nSPS) is 14.6. The first-order valence-corrected chi connectivity index (χ1v) is 11.9. The number of nitrogens with one attached hydrogen (secondary N) is 2. The summed E-state index contributed by atoms with van der Waals surface area (Å²) >= 11 is 1.54. The second-order valence-corrected chi connectivity index (χ2v) is 8.81. The average molecular weight is 505 g/mol. The number of allylic oxidation sites excluding steroid dienone is 1. The van der Waals surface area contributed by atoms with Gasteiger partial charge in [0.1, 0.15) is 17.6 Å². The van der Waals surface area contributed by atoms with Gasteiger partial charge in [0.2, 0.25) is 5.95 Å². The van der Waals surface area contributed by atoms with Gasteiger partial charge in [-0.2, -0.15) is 4.98 Å². The van der Waals surface area contributed by atoms with E-state index in [4.69, 9.17) is 24.3 Å². The fraction of sp³-hybridized carbons (Fsp3) is 0.200. The Morgan fingerprint density at radius 2 is 1.83 bits per heavy atom. The third-order valence-corrected chi connectivity index (χ3v) is 6.64. The lowest BCUT2D eigenvalue weighted by atomic mass is 9.93. The minimum atomic E-state index is -0.680. The topological polar surface area (TPSA) is 112 Å². The van der Waals surface area contributed by atoms with Crippen LogP contribution in [0.1, 0.15) is 18.5 Å². The first-order valence-electron chi connectivity index (χ1n) is 11.0. The van der Waals surface area contributed by atoms with Gasteiger partial charge in [-0.3, -0.25) is 4.79 Å². The van der Waals surface area contributed by atoms with Gasteiger partial charge in [-0.15, -0.1) is 16.4 Å². The number of carbonyl (C=O) groups is 1. The van der Waals surface area contributed by atoms with E-state index in [1.165, 1.54) is 11.3 Å². The summed E-state index contributed by atoms with van der Waals surface area (Å²) in [6.07, 6.45) is 1.62. The number of anilines is 2. The van der Waals surface area contributed by atoms with Crippen LogP contribution in [0.25, 0.3) is 10.7 Å². The highest BCUT2D eigenvalue weighted by Crippen LogP contribution is 2.44. The number of rotatable bonds is 7. The molecule has 2 N–H and O–H groups in total. The van der Waals surface area contributed by atoms with Gasteiger partial charge in [0, 0.05) is 23.5 Å². The standard InChI is InChI=1S/C25H24N6O4S/c1-14-21(24(32)28-20-9-5-6-10-26-20)22(15-12-17(34-3)18(35-4)13-16(15)33-2)31-25(27-14)29-23(30-31)19-8-7-11-36-19/h5-13,22H,1-4H3,(H,26,28,32)(H,27,29,30). The molecular weight excluding hydrogens is 480 g/mol. The third-order valence-electron chi connectivity index (χ3n) is 5.78. The Bertz CT molecular complexity index is 1430. The molecule has 0 bridgehead atoms. The van der Waals surface area contributed by atoms with Gasteiger partial charge in [-0.05, 0) is 36.6 Å². The second-order valence-electron chi connectivity index (χ2n) is 7.87. The lowest BCUT2D eigenvalue weighted by molar-refractivity contribution is -0.113. The maximum absolute atomic E-state index is 13.7. The van der Waals surface area contributed by atoms with E-state index in [-0.39, 0.29) is 5.91 Å². The Labute approximate surface area is 211 Å². The van der Waals surface area contributed by atoms with E-state index < -0.39 is 6.04 Å². The Morgan fingerprint density at radius 3 is 2.50 bits per heavy atom. The molecule has 36 heavy (non-hydrogen) atoms. The highest BCUT2D eigenvalue weighted by Gasteiger charge is 2.37. The molecule has 5 rings (SSSR count). The van der Waals surface area contributed by atoms with Crippen LogP contribution in [0.4, 0.5) is 11.8 Å². The first-order chi connectivity index (χ1) is 17.5. The van der Waals surface area contributed by atoms with E-state index in [2.05, 4.69) is 15.6 Å². The number of amides is 1. The molecule has 184 valence electrons. The van der Waals surface area contributed by atoms with E-state index in [1.807, 2.05) is 24.4 Å². The molecule has 0 aliphatic carbocycles. The van der Waals surface area contributed by atoms with Crippen LogP contribution < -0.4 is 24.8 Å². The van der Waals surface area contributed by atoms with Gasteiger partial charge in [0.15, 0.2) is 17.3 Å². The van der Waals surface area contributed by atoms with Crippen LogP contribution in [0.2, 0.25) is 0 Å². The minimum absolute atomic E-state index is 0.334. The van der Waals surface area contributed by atoms with Crippen LogP contribution in [0.5, 0.6) is 17.2 Å². The number of hydrogen-bond donors (Lipinski definition) is 2. The van der Waals surface area contributed by atoms with Crippen molar-refractivity contribution < 1.29 is 19.0 Å². The number of hydrogen-bond acceptors (Lipinski definition) is 9. The molecule has 10 nitrogen and oxygen atoms in total. The highest BCUT2D eigenvalue weighted by atomic mass is 32.1. The molecule has 1 aliphatic heterocycles. The van der Waals surface area contributed by atoms with E-state index in [0.717, 1.165) is 4.88 Å². The van der Waals surface area contributed by atoms with E-state index in [0.29, 0.717) is 51.7 Å². The van der Waals surface area contributed by atoms with Crippen LogP contribution in [0, 0.1) is 0 Å². The zero-order valence-electron chi connectivity index (χ0n) is 20.1. The summed E-state index contributed by atoms with van der Waals surface area (Å²) < 4.78 is 18.5. The quantitative estimate of drug-likeness (QED) is 0.382. The molecule has 4 aromatic rings. The van der Waals surface area contributed by atoms with Crippen molar-refractivity contribution in [2.24, 2.45) is 0 Å². The largest absolute Gasteiger partial charge is 0.496 e. The van der Waals surface area contributed by atoms with Crippen molar-refractivity contribution >= 4 is 29.0 Å². The van der Waals surface area contributed by atoms with Crippen molar-refractivity contribution in [2.45, 2.75) is 13.0 Å². The fourth-order valence-electron chi connectivity index (χ4n) is 4.13. The maximum atomic E-state index is 13.7. The first kappa shape index (κ1) is 23.4. The zero-order chi connectivity index (χ0) is 25.2. The van der Waals surface area contributed by atoms with Crippen LogP contribution >= 0.6 is 11.3 Å². The van der Waals surface area contributed by atoms with E-state index in [1.54, 1.807) is 62.5 Å². The maximum Gasteiger partial charge on any atom is 0.257 e. The van der Waals surface area contributed by atoms with Gasteiger partial charge >= 0.3 is 0 Å². The van der Waals surface area contributed by atoms with Crippen molar-refractivity contribution in [1.82, 2.24) is 19.7 Å². The van der Waals surface area contributed by atoms with Crippen LogP contribution in [-0.2, 0) is 4.79 Å². The average Bonchev–Trinajstić information content (AvgIpc) is 3.57. The Kier molecular flexibility index (Phi) is 6.30. The Hall–Kier alpha value is -4.38. The number of fused-ring (bicyclic) bond motifs is 1. The molecule has 1 atom stereocenters. The summed E-state index contributed by atoms with van der Waals surface area (Å²) in [6, 6.07) is 12.1. The van der Waals surface area contributed by atoms with Gasteiger partial charge in [0.25, 0.3) is 5.91 Å². The van der Waals surface area contributed by atoms with Gasteiger partial charge in [-0.25, -0.2) is 9.67 Å².